The average Bonchev–Trinajstić information content (AvgIpc) is 3.74. The van der Waals surface area contributed by atoms with E-state index in [9.17, 15) is 8.76 Å². The predicted octanol–water partition coefficient (Wildman–Crippen LogP) is 3.70. The fourth-order valence-corrected chi connectivity index (χ4v) is 6.61. The molecule has 6 heterocycles. The minimum Gasteiger partial charge on any atom is -0.760 e. The Labute approximate surface area is 256 Å². The van der Waals surface area contributed by atoms with Crippen LogP contribution in [-0.2, 0) is 17.8 Å². The molecule has 0 spiro atoms. The minimum absolute atomic E-state index is 0.171. The molecule has 1 aromatic carbocycles. The van der Waals surface area contributed by atoms with E-state index in [1.165, 1.54) is 6.33 Å². The van der Waals surface area contributed by atoms with E-state index >= 15 is 0 Å². The molecule has 14 heteroatoms. The lowest BCUT2D eigenvalue weighted by atomic mass is 9.99. The van der Waals surface area contributed by atoms with Gasteiger partial charge in [-0.3, -0.25) is 4.21 Å². The topological polar surface area (TPSA) is 167 Å². The van der Waals surface area contributed by atoms with E-state index in [4.69, 9.17) is 10.1 Å². The van der Waals surface area contributed by atoms with Gasteiger partial charge in [0.1, 0.15) is 23.3 Å². The molecule has 228 valence electrons. The molecule has 7 rings (SSSR count). The first-order valence-electron chi connectivity index (χ1n) is 14.6. The van der Waals surface area contributed by atoms with Crippen LogP contribution < -0.4 is 20.3 Å². The van der Waals surface area contributed by atoms with Gasteiger partial charge in [0.2, 0.25) is 0 Å². The van der Waals surface area contributed by atoms with Gasteiger partial charge < -0.3 is 30.1 Å². The molecular formula is C30H34N11O2S-. The Balaban J connectivity index is 1.28. The summed E-state index contributed by atoms with van der Waals surface area (Å²) in [5.74, 6) is 2.23. The molecule has 0 radical (unpaired) electrons. The molecule has 5 aromatic heterocycles. The van der Waals surface area contributed by atoms with E-state index in [1.807, 2.05) is 48.2 Å². The molecule has 13 nitrogen and oxygen atoms in total. The Hall–Kier alpha value is -4.37. The predicted molar refractivity (Wildman–Crippen MR) is 171 cm³/mol. The third-order valence-corrected chi connectivity index (χ3v) is 8.57. The SMILES string of the molecule is Cc1ccn2nc([C@H](C)Nc3ncnc4[nH]cc(-c5cc(CNS(=O)[O-])cc6[nH]ccc56)c34)nc(N3C[C@@H](C)N[C@@H](C)C3)c12. The monoisotopic (exact) mass is 612 g/mol. The maximum atomic E-state index is 11.2. The number of hydrogen-bond acceptors (Lipinski definition) is 9. The molecule has 44 heavy (non-hydrogen) atoms. The Bertz CT molecular complexity index is 2000. The Morgan fingerprint density at radius 2 is 1.95 bits per heavy atom. The van der Waals surface area contributed by atoms with Gasteiger partial charge in [0.05, 0.1) is 11.4 Å². The molecule has 0 bridgehead atoms. The van der Waals surface area contributed by atoms with Gasteiger partial charge >= 0.3 is 0 Å². The molecule has 1 unspecified atom stereocenters. The summed E-state index contributed by atoms with van der Waals surface area (Å²) >= 11 is -2.37. The second kappa shape index (κ2) is 11.3. The molecule has 0 amide bonds. The van der Waals surface area contributed by atoms with Gasteiger partial charge in [-0.15, -0.1) is 0 Å². The lowest BCUT2D eigenvalue weighted by Gasteiger charge is -2.37. The molecule has 1 fully saturated rings. The molecule has 1 aliphatic heterocycles. The smallest absolute Gasteiger partial charge is 0.173 e. The zero-order chi connectivity index (χ0) is 30.5. The second-order valence-electron chi connectivity index (χ2n) is 11.6. The van der Waals surface area contributed by atoms with Crippen molar-refractivity contribution in [3.63, 3.8) is 0 Å². The fourth-order valence-electron chi connectivity index (χ4n) is 6.32. The molecule has 4 atom stereocenters. The van der Waals surface area contributed by atoms with Crippen LogP contribution >= 0.6 is 0 Å². The van der Waals surface area contributed by atoms with Gasteiger partial charge in [0.15, 0.2) is 11.6 Å². The van der Waals surface area contributed by atoms with Crippen molar-refractivity contribution >= 4 is 50.4 Å². The van der Waals surface area contributed by atoms with Crippen molar-refractivity contribution in [1.29, 1.82) is 0 Å². The van der Waals surface area contributed by atoms with Gasteiger partial charge in [-0.1, -0.05) is 0 Å². The molecule has 0 saturated carbocycles. The van der Waals surface area contributed by atoms with Crippen molar-refractivity contribution < 1.29 is 8.76 Å². The number of hydrogen-bond donors (Lipinski definition) is 5. The van der Waals surface area contributed by atoms with Crippen LogP contribution in [0.3, 0.4) is 0 Å². The molecular weight excluding hydrogens is 578 g/mol. The number of nitrogens with one attached hydrogen (secondary N) is 5. The minimum atomic E-state index is -2.37. The van der Waals surface area contributed by atoms with Gasteiger partial charge in [-0.05, 0) is 68.7 Å². The maximum absolute atomic E-state index is 11.2. The van der Waals surface area contributed by atoms with Crippen LogP contribution in [0, 0.1) is 6.92 Å². The van der Waals surface area contributed by atoms with Crippen molar-refractivity contribution in [2.75, 3.05) is 23.3 Å². The maximum Gasteiger partial charge on any atom is 0.173 e. The van der Waals surface area contributed by atoms with Crippen molar-refractivity contribution in [3.8, 4) is 11.1 Å². The highest BCUT2D eigenvalue weighted by molar-refractivity contribution is 7.77. The van der Waals surface area contributed by atoms with E-state index in [0.29, 0.717) is 29.4 Å². The van der Waals surface area contributed by atoms with Crippen LogP contribution in [0.15, 0.2) is 49.2 Å². The molecule has 1 aliphatic rings. The lowest BCUT2D eigenvalue weighted by molar-refractivity contribution is 0.405. The number of aromatic amines is 2. The van der Waals surface area contributed by atoms with E-state index in [2.05, 4.69) is 67.0 Å². The number of H-pyrrole nitrogens is 2. The highest BCUT2D eigenvalue weighted by Crippen LogP contribution is 2.38. The number of benzene rings is 1. The van der Waals surface area contributed by atoms with Crippen LogP contribution in [-0.4, -0.2) is 68.5 Å². The number of piperazine rings is 1. The Kier molecular flexibility index (Phi) is 7.28. The molecule has 0 aliphatic carbocycles. The third kappa shape index (κ3) is 5.19. The third-order valence-electron chi connectivity index (χ3n) is 8.19. The first-order valence-corrected chi connectivity index (χ1v) is 15.7. The summed E-state index contributed by atoms with van der Waals surface area (Å²) in [5.41, 5.74) is 6.38. The van der Waals surface area contributed by atoms with Crippen LogP contribution in [0.25, 0.3) is 38.6 Å². The Morgan fingerprint density at radius 3 is 2.75 bits per heavy atom. The number of rotatable bonds is 8. The summed E-state index contributed by atoms with van der Waals surface area (Å²) in [7, 11) is 0. The van der Waals surface area contributed by atoms with E-state index in [-0.39, 0.29) is 12.6 Å². The van der Waals surface area contributed by atoms with Gasteiger partial charge in [-0.25, -0.2) is 24.2 Å². The van der Waals surface area contributed by atoms with Crippen molar-refractivity contribution in [1.82, 2.24) is 44.6 Å². The number of anilines is 2. The van der Waals surface area contributed by atoms with Crippen LogP contribution in [0.1, 0.15) is 43.8 Å². The van der Waals surface area contributed by atoms with Crippen molar-refractivity contribution in [2.45, 2.75) is 52.4 Å². The highest BCUT2D eigenvalue weighted by Gasteiger charge is 2.26. The standard InChI is InChI=1S/C30H35N11O2S/c1-16-6-8-41-26(16)30(40-13-17(2)36-18(3)14-40)38-27(39-41)19(4)37-29-25-23(12-32-28(25)33-15-34-29)22-9-20(11-35-44(42)43)10-24-21(22)5-7-31-24/h5-10,12,15,17-19,31,35-36H,11,13-14H2,1-4H3,(H,42,43)(H2,32,33,34,37)/p-1/t17-,18+,19-/m0/s1. The number of aromatic nitrogens is 7. The second-order valence-corrected chi connectivity index (χ2v) is 12.4. The zero-order valence-electron chi connectivity index (χ0n) is 24.9. The van der Waals surface area contributed by atoms with Crippen LogP contribution in [0.5, 0.6) is 0 Å². The van der Waals surface area contributed by atoms with Crippen LogP contribution in [0.4, 0.5) is 11.6 Å². The summed E-state index contributed by atoms with van der Waals surface area (Å²) in [4.78, 5) is 23.2. The lowest BCUT2D eigenvalue weighted by Crippen LogP contribution is -2.54. The van der Waals surface area contributed by atoms with E-state index < -0.39 is 11.3 Å². The summed E-state index contributed by atoms with van der Waals surface area (Å²) in [5, 5.41) is 13.9. The summed E-state index contributed by atoms with van der Waals surface area (Å²) < 4.78 is 26.8. The van der Waals surface area contributed by atoms with Gasteiger partial charge in [0, 0.05) is 78.0 Å². The molecule has 5 N–H and O–H groups in total. The summed E-state index contributed by atoms with van der Waals surface area (Å²) in [6, 6.07) is 8.41. The fraction of sp³-hybridized carbons (Fsp3) is 0.333. The van der Waals surface area contributed by atoms with E-state index in [0.717, 1.165) is 63.0 Å². The molecule has 1 saturated heterocycles. The highest BCUT2D eigenvalue weighted by atomic mass is 32.2. The van der Waals surface area contributed by atoms with Crippen molar-refractivity contribution in [2.24, 2.45) is 0 Å². The number of fused-ring (bicyclic) bond motifs is 3. The van der Waals surface area contributed by atoms with Crippen molar-refractivity contribution in [3.05, 3.63) is 66.1 Å². The largest absolute Gasteiger partial charge is 0.760 e. The zero-order valence-corrected chi connectivity index (χ0v) is 25.7. The first-order chi connectivity index (χ1) is 21.2. The average molecular weight is 613 g/mol. The van der Waals surface area contributed by atoms with Gasteiger partial charge in [-0.2, -0.15) is 5.10 Å². The summed E-state index contributed by atoms with van der Waals surface area (Å²) in [6.45, 7) is 10.4. The quantitative estimate of drug-likeness (QED) is 0.161. The first kappa shape index (κ1) is 28.4. The number of aryl methyl sites for hydroxylation is 1. The molecule has 6 aromatic rings. The Morgan fingerprint density at radius 1 is 1.14 bits per heavy atom. The van der Waals surface area contributed by atoms with E-state index in [1.54, 1.807) is 0 Å². The van der Waals surface area contributed by atoms with Gasteiger partial charge in [0.25, 0.3) is 0 Å². The normalized spacial score (nSPS) is 18.8. The van der Waals surface area contributed by atoms with Crippen LogP contribution in [0.2, 0.25) is 0 Å². The number of nitrogens with zero attached hydrogens (tertiary/aromatic N) is 6. The summed E-state index contributed by atoms with van der Waals surface area (Å²) in [6.07, 6.45) is 7.30.